The van der Waals surface area contributed by atoms with Crippen LogP contribution in [0.25, 0.3) is 0 Å². The molecule has 6 nitrogen and oxygen atoms in total. The molecule has 7 heteroatoms. The average molecular weight is 391 g/mol. The summed E-state index contributed by atoms with van der Waals surface area (Å²) in [6, 6.07) is 9.80. The maximum Gasteiger partial charge on any atom is 0.340 e. The summed E-state index contributed by atoms with van der Waals surface area (Å²) in [5.74, 6) is 0.404. The van der Waals surface area contributed by atoms with Gasteiger partial charge in [0, 0.05) is 29.2 Å². The van der Waals surface area contributed by atoms with Crippen molar-refractivity contribution < 1.29 is 24.5 Å². The Hall–Kier alpha value is -3.25. The molecule has 2 aromatic rings. The average Bonchev–Trinajstić information content (AvgIpc) is 2.94. The molecular weight excluding hydrogens is 378 g/mol. The summed E-state index contributed by atoms with van der Waals surface area (Å²) in [6.07, 6.45) is 2.91. The van der Waals surface area contributed by atoms with Gasteiger partial charge in [-0.15, -0.1) is 0 Å². The number of esters is 1. The Morgan fingerprint density at radius 2 is 2.04 bits per heavy atom. The number of aliphatic imine (C=N–C) groups is 1. The molecule has 0 bridgehead atoms. The number of phenolic OH excluding ortho intramolecular Hbond substituents is 1. The highest BCUT2D eigenvalue weighted by Crippen LogP contribution is 2.55. The van der Waals surface area contributed by atoms with Crippen LogP contribution in [0.4, 0.5) is 5.69 Å². The minimum atomic E-state index is -1.22. The standard InChI is InChI=1S/C21H13NO5S/c23-12-2-5-16-18(8-12)26-19-9-13(24)3-6-17(19)21(16)15-4-1-11(22-10-28)7-14(15)20(25)27-21/h1-8,13,23-24H,9H2. The molecule has 1 aliphatic carbocycles. The lowest BCUT2D eigenvalue weighted by Crippen LogP contribution is -2.36. The van der Waals surface area contributed by atoms with E-state index in [1.54, 1.807) is 36.4 Å². The van der Waals surface area contributed by atoms with E-state index in [2.05, 4.69) is 22.4 Å². The first-order chi connectivity index (χ1) is 13.5. The summed E-state index contributed by atoms with van der Waals surface area (Å²) < 4.78 is 11.9. The molecule has 3 aliphatic rings. The minimum Gasteiger partial charge on any atom is -0.508 e. The monoisotopic (exact) mass is 391 g/mol. The van der Waals surface area contributed by atoms with Gasteiger partial charge < -0.3 is 19.7 Å². The highest BCUT2D eigenvalue weighted by Gasteiger charge is 2.54. The molecule has 5 rings (SSSR count). The van der Waals surface area contributed by atoms with E-state index >= 15 is 0 Å². The molecule has 0 amide bonds. The fourth-order valence-corrected chi connectivity index (χ4v) is 4.13. The van der Waals surface area contributed by atoms with Crippen molar-refractivity contribution in [1.82, 2.24) is 0 Å². The molecule has 0 saturated heterocycles. The topological polar surface area (TPSA) is 88.4 Å². The van der Waals surface area contributed by atoms with E-state index in [0.29, 0.717) is 39.5 Å². The maximum atomic E-state index is 12.8. The Morgan fingerprint density at radius 3 is 2.86 bits per heavy atom. The number of phenols is 1. The van der Waals surface area contributed by atoms with Gasteiger partial charge in [-0.25, -0.2) is 4.79 Å². The first-order valence-electron chi connectivity index (χ1n) is 8.60. The summed E-state index contributed by atoms with van der Waals surface area (Å²) in [7, 11) is 0. The number of aliphatic hydroxyl groups excluding tert-OH is 1. The highest BCUT2D eigenvalue weighted by molar-refractivity contribution is 7.78. The van der Waals surface area contributed by atoms with Crippen LogP contribution in [0.15, 0.2) is 64.9 Å². The Balaban J connectivity index is 1.82. The van der Waals surface area contributed by atoms with Crippen LogP contribution in [0.2, 0.25) is 0 Å². The van der Waals surface area contributed by atoms with Crippen molar-refractivity contribution in [3.05, 3.63) is 76.6 Å². The number of thiocarbonyl (C=S) groups is 1. The molecule has 0 radical (unpaired) electrons. The zero-order valence-electron chi connectivity index (χ0n) is 14.4. The number of carbonyl (C=O) groups is 1. The third kappa shape index (κ3) is 2.21. The number of fused-ring (bicyclic) bond motifs is 5. The Kier molecular flexibility index (Phi) is 3.54. The Morgan fingerprint density at radius 1 is 1.21 bits per heavy atom. The molecule has 2 atom stereocenters. The molecular formula is C21H13NO5S. The van der Waals surface area contributed by atoms with Crippen molar-refractivity contribution in [2.24, 2.45) is 4.99 Å². The number of hydrogen-bond donors (Lipinski definition) is 2. The van der Waals surface area contributed by atoms with Crippen molar-refractivity contribution >= 4 is 29.0 Å². The number of hydrogen-bond acceptors (Lipinski definition) is 7. The van der Waals surface area contributed by atoms with Gasteiger partial charge in [0.25, 0.3) is 0 Å². The zero-order chi connectivity index (χ0) is 19.5. The van der Waals surface area contributed by atoms with E-state index in [1.165, 1.54) is 12.1 Å². The number of aromatic hydroxyl groups is 1. The van der Waals surface area contributed by atoms with Gasteiger partial charge in [-0.2, -0.15) is 4.99 Å². The van der Waals surface area contributed by atoms with Crippen LogP contribution >= 0.6 is 12.2 Å². The van der Waals surface area contributed by atoms with Crippen molar-refractivity contribution in [1.29, 1.82) is 0 Å². The van der Waals surface area contributed by atoms with Gasteiger partial charge in [0.2, 0.25) is 0 Å². The fourth-order valence-electron chi connectivity index (χ4n) is 4.02. The predicted octanol–water partition coefficient (Wildman–Crippen LogP) is 3.51. The second kappa shape index (κ2) is 5.87. The SMILES string of the molecule is O=C1OC2(C3=C(CC(O)C=C3)Oc3cc(O)ccc32)c2ccc(N=C=S)cc21. The number of carbonyl (C=O) groups excluding carboxylic acids is 1. The zero-order valence-corrected chi connectivity index (χ0v) is 15.2. The normalized spacial score (nSPS) is 24.0. The second-order valence-corrected chi connectivity index (χ2v) is 6.94. The molecule has 0 aromatic heterocycles. The van der Waals surface area contributed by atoms with Crippen molar-refractivity contribution in [3.8, 4) is 11.5 Å². The maximum absolute atomic E-state index is 12.8. The van der Waals surface area contributed by atoms with Gasteiger partial charge in [0.05, 0.1) is 22.5 Å². The smallest absolute Gasteiger partial charge is 0.340 e. The van der Waals surface area contributed by atoms with Crippen LogP contribution in [-0.4, -0.2) is 27.4 Å². The first kappa shape index (κ1) is 16.9. The number of isothiocyanates is 1. The van der Waals surface area contributed by atoms with Crippen LogP contribution in [0.1, 0.15) is 27.9 Å². The van der Waals surface area contributed by atoms with Gasteiger partial charge in [-0.05, 0) is 36.5 Å². The van der Waals surface area contributed by atoms with Crippen molar-refractivity contribution in [2.75, 3.05) is 0 Å². The Labute approximate surface area is 165 Å². The first-order valence-corrected chi connectivity index (χ1v) is 9.01. The van der Waals surface area contributed by atoms with Crippen molar-refractivity contribution in [2.45, 2.75) is 18.1 Å². The quantitative estimate of drug-likeness (QED) is 0.439. The molecule has 2 aliphatic heterocycles. The number of benzene rings is 2. The largest absolute Gasteiger partial charge is 0.508 e. The predicted molar refractivity (Wildman–Crippen MR) is 103 cm³/mol. The van der Waals surface area contributed by atoms with Gasteiger partial charge in [-0.1, -0.05) is 18.2 Å². The van der Waals surface area contributed by atoms with E-state index < -0.39 is 17.7 Å². The number of nitrogens with zero attached hydrogens (tertiary/aromatic N) is 1. The molecule has 138 valence electrons. The third-order valence-corrected chi connectivity index (χ3v) is 5.25. The lowest BCUT2D eigenvalue weighted by Gasteiger charge is -2.39. The fraction of sp³-hybridized carbons (Fsp3) is 0.143. The highest BCUT2D eigenvalue weighted by atomic mass is 32.1. The second-order valence-electron chi connectivity index (χ2n) is 6.75. The molecule has 2 aromatic carbocycles. The van der Waals surface area contributed by atoms with Crippen LogP contribution < -0.4 is 4.74 Å². The molecule has 2 heterocycles. The lowest BCUT2D eigenvalue weighted by atomic mass is 9.75. The van der Waals surface area contributed by atoms with Crippen LogP contribution in [0, 0.1) is 0 Å². The van der Waals surface area contributed by atoms with Gasteiger partial charge in [-0.3, -0.25) is 0 Å². The van der Waals surface area contributed by atoms with Crippen LogP contribution in [0.5, 0.6) is 11.5 Å². The molecule has 2 N–H and O–H groups in total. The summed E-state index contributed by atoms with van der Waals surface area (Å²) in [5, 5.41) is 22.2. The third-order valence-electron chi connectivity index (χ3n) is 5.16. The van der Waals surface area contributed by atoms with Gasteiger partial charge >= 0.3 is 5.97 Å². The van der Waals surface area contributed by atoms with E-state index in [0.717, 1.165) is 0 Å². The molecule has 28 heavy (non-hydrogen) atoms. The van der Waals surface area contributed by atoms with E-state index in [1.807, 2.05) is 0 Å². The van der Waals surface area contributed by atoms with Crippen molar-refractivity contribution in [3.63, 3.8) is 0 Å². The summed E-state index contributed by atoms with van der Waals surface area (Å²) in [6.45, 7) is 0. The molecule has 0 fully saturated rings. The lowest BCUT2D eigenvalue weighted by molar-refractivity contribution is 0.0203. The van der Waals surface area contributed by atoms with E-state index in [4.69, 9.17) is 9.47 Å². The van der Waals surface area contributed by atoms with E-state index in [-0.39, 0.29) is 12.2 Å². The molecule has 2 unspecified atom stereocenters. The summed E-state index contributed by atoms with van der Waals surface area (Å²) in [5.41, 5.74) is 1.55. The molecule has 0 saturated carbocycles. The van der Waals surface area contributed by atoms with E-state index in [9.17, 15) is 15.0 Å². The van der Waals surface area contributed by atoms with Gasteiger partial charge in [0.15, 0.2) is 5.60 Å². The number of ether oxygens (including phenoxy) is 2. The number of aliphatic hydroxyl groups is 1. The Bertz CT molecular complexity index is 1160. The van der Waals surface area contributed by atoms with Gasteiger partial charge in [0.1, 0.15) is 17.3 Å². The summed E-state index contributed by atoms with van der Waals surface area (Å²) >= 11 is 4.65. The number of rotatable bonds is 1. The van der Waals surface area contributed by atoms with Crippen LogP contribution in [-0.2, 0) is 10.3 Å². The summed E-state index contributed by atoms with van der Waals surface area (Å²) in [4.78, 5) is 16.8. The van der Waals surface area contributed by atoms with Crippen LogP contribution in [0.3, 0.4) is 0 Å². The molecule has 1 spiro atoms. The minimum absolute atomic E-state index is 0.0278.